The Labute approximate surface area is 144 Å². The Kier molecular flexibility index (Phi) is 4.53. The van der Waals surface area contributed by atoms with Gasteiger partial charge in [0, 0.05) is 30.4 Å². The van der Waals surface area contributed by atoms with Crippen molar-refractivity contribution in [2.24, 2.45) is 7.05 Å². The van der Waals surface area contributed by atoms with E-state index in [2.05, 4.69) is 15.2 Å². The van der Waals surface area contributed by atoms with Crippen molar-refractivity contribution >= 4 is 5.78 Å². The number of pyridine rings is 1. The summed E-state index contributed by atoms with van der Waals surface area (Å²) < 4.78 is 6.64. The fourth-order valence-corrected chi connectivity index (χ4v) is 2.48. The molecule has 25 heavy (non-hydrogen) atoms. The summed E-state index contributed by atoms with van der Waals surface area (Å²) in [6.07, 6.45) is 1.39. The highest BCUT2D eigenvalue weighted by Crippen LogP contribution is 2.23. The number of rotatable bonds is 5. The number of nitrogens with zero attached hydrogens (tertiary/aromatic N) is 5. The SMILES string of the molecule is COc1ccc(C(=O)C(C#N)c2nnc(-c3ccccc3)n2C)cn1. The van der Waals surface area contributed by atoms with E-state index in [4.69, 9.17) is 4.74 Å². The first-order valence-corrected chi connectivity index (χ1v) is 7.54. The highest BCUT2D eigenvalue weighted by Gasteiger charge is 2.28. The normalized spacial score (nSPS) is 11.6. The molecule has 0 aliphatic carbocycles. The molecule has 124 valence electrons. The molecule has 1 atom stereocenters. The molecule has 0 saturated carbocycles. The van der Waals surface area contributed by atoms with Crippen LogP contribution in [0.2, 0.25) is 0 Å². The third kappa shape index (κ3) is 3.10. The summed E-state index contributed by atoms with van der Waals surface area (Å²) in [5, 5.41) is 17.7. The van der Waals surface area contributed by atoms with E-state index in [-0.39, 0.29) is 5.78 Å². The predicted octanol–water partition coefficient (Wildman–Crippen LogP) is 2.38. The molecule has 0 bridgehead atoms. The van der Waals surface area contributed by atoms with Crippen molar-refractivity contribution in [3.63, 3.8) is 0 Å². The van der Waals surface area contributed by atoms with Crippen molar-refractivity contribution in [3.05, 3.63) is 60.0 Å². The van der Waals surface area contributed by atoms with Crippen LogP contribution in [0.5, 0.6) is 5.88 Å². The lowest BCUT2D eigenvalue weighted by Gasteiger charge is -2.09. The van der Waals surface area contributed by atoms with Crippen LogP contribution in [0.3, 0.4) is 0 Å². The van der Waals surface area contributed by atoms with Gasteiger partial charge in [-0.1, -0.05) is 30.3 Å². The molecule has 0 fully saturated rings. The number of carbonyl (C=O) groups excluding carboxylic acids is 1. The summed E-state index contributed by atoms with van der Waals surface area (Å²) in [5.41, 5.74) is 1.18. The molecule has 7 nitrogen and oxygen atoms in total. The van der Waals surface area contributed by atoms with Crippen molar-refractivity contribution in [3.8, 4) is 23.3 Å². The first kappa shape index (κ1) is 16.3. The third-order valence-corrected chi connectivity index (χ3v) is 3.82. The summed E-state index contributed by atoms with van der Waals surface area (Å²) in [4.78, 5) is 16.7. The van der Waals surface area contributed by atoms with Crippen LogP contribution in [-0.4, -0.2) is 32.6 Å². The molecule has 2 aromatic heterocycles. The van der Waals surface area contributed by atoms with Crippen molar-refractivity contribution in [2.75, 3.05) is 7.11 Å². The number of hydrogen-bond donors (Lipinski definition) is 0. The maximum Gasteiger partial charge on any atom is 0.212 e. The van der Waals surface area contributed by atoms with Gasteiger partial charge in [0.2, 0.25) is 5.88 Å². The second-order valence-corrected chi connectivity index (χ2v) is 5.32. The summed E-state index contributed by atoms with van der Waals surface area (Å²) in [6.45, 7) is 0. The molecular weight excluding hydrogens is 318 g/mol. The summed E-state index contributed by atoms with van der Waals surface area (Å²) in [7, 11) is 3.23. The number of ketones is 1. The van der Waals surface area contributed by atoms with Crippen LogP contribution < -0.4 is 4.74 Å². The van der Waals surface area contributed by atoms with Gasteiger partial charge < -0.3 is 9.30 Å². The van der Waals surface area contributed by atoms with Gasteiger partial charge in [0.15, 0.2) is 23.3 Å². The van der Waals surface area contributed by atoms with E-state index in [0.29, 0.717) is 23.1 Å². The topological polar surface area (TPSA) is 93.7 Å². The van der Waals surface area contributed by atoms with Crippen LogP contribution in [-0.2, 0) is 7.05 Å². The molecular formula is C18H15N5O2. The van der Waals surface area contributed by atoms with Crippen LogP contribution in [0, 0.1) is 11.3 Å². The highest BCUT2D eigenvalue weighted by molar-refractivity contribution is 6.02. The van der Waals surface area contributed by atoms with E-state index in [1.807, 2.05) is 36.4 Å². The van der Waals surface area contributed by atoms with Gasteiger partial charge in [-0.2, -0.15) is 5.26 Å². The Balaban J connectivity index is 1.95. The fraction of sp³-hybridized carbons (Fsp3) is 0.167. The summed E-state index contributed by atoms with van der Waals surface area (Å²) >= 11 is 0. The molecule has 1 unspecified atom stereocenters. The number of hydrogen-bond acceptors (Lipinski definition) is 6. The van der Waals surface area contributed by atoms with E-state index >= 15 is 0 Å². The first-order chi connectivity index (χ1) is 12.2. The largest absolute Gasteiger partial charge is 0.481 e. The minimum absolute atomic E-state index is 0.294. The number of ether oxygens (including phenoxy) is 1. The number of carbonyl (C=O) groups is 1. The van der Waals surface area contributed by atoms with Gasteiger partial charge in [-0.05, 0) is 6.07 Å². The van der Waals surface area contributed by atoms with Gasteiger partial charge in [-0.3, -0.25) is 4.79 Å². The monoisotopic (exact) mass is 333 g/mol. The highest BCUT2D eigenvalue weighted by atomic mass is 16.5. The Morgan fingerprint density at radius 1 is 1.20 bits per heavy atom. The molecule has 0 radical (unpaired) electrons. The Morgan fingerprint density at radius 3 is 2.56 bits per heavy atom. The van der Waals surface area contributed by atoms with E-state index in [0.717, 1.165) is 5.56 Å². The van der Waals surface area contributed by atoms with Crippen LogP contribution in [0.25, 0.3) is 11.4 Å². The molecule has 0 spiro atoms. The molecule has 0 N–H and O–H groups in total. The standard InChI is InChI=1S/C18H15N5O2/c1-23-17(12-6-4-3-5-7-12)21-22-18(23)14(10-19)16(24)13-8-9-15(25-2)20-11-13/h3-9,11,14H,1-2H3. The third-order valence-electron chi connectivity index (χ3n) is 3.82. The minimum Gasteiger partial charge on any atom is -0.481 e. The molecule has 0 aliphatic rings. The summed E-state index contributed by atoms with van der Waals surface area (Å²) in [5.74, 6) is -0.160. The number of methoxy groups -OCH3 is 1. The van der Waals surface area contributed by atoms with Gasteiger partial charge in [0.25, 0.3) is 0 Å². The van der Waals surface area contributed by atoms with Crippen molar-refractivity contribution in [1.82, 2.24) is 19.7 Å². The lowest BCUT2D eigenvalue weighted by molar-refractivity contribution is 0.0974. The van der Waals surface area contributed by atoms with Crippen molar-refractivity contribution < 1.29 is 9.53 Å². The zero-order valence-corrected chi connectivity index (χ0v) is 13.7. The lowest BCUT2D eigenvalue weighted by Crippen LogP contribution is -2.16. The minimum atomic E-state index is -1.06. The maximum absolute atomic E-state index is 12.7. The predicted molar refractivity (Wildman–Crippen MR) is 89.9 cm³/mol. The number of benzene rings is 1. The van der Waals surface area contributed by atoms with Crippen molar-refractivity contribution in [1.29, 1.82) is 5.26 Å². The molecule has 0 aliphatic heterocycles. The number of Topliss-reactive ketones (excluding diaryl/α,β-unsaturated/α-hetero) is 1. The van der Waals surface area contributed by atoms with E-state index in [1.54, 1.807) is 23.7 Å². The molecule has 3 rings (SSSR count). The van der Waals surface area contributed by atoms with Gasteiger partial charge in [-0.15, -0.1) is 10.2 Å². The van der Waals surface area contributed by atoms with Gasteiger partial charge in [0.1, 0.15) is 0 Å². The van der Waals surface area contributed by atoms with Crippen LogP contribution >= 0.6 is 0 Å². The Bertz CT molecular complexity index is 926. The maximum atomic E-state index is 12.7. The Morgan fingerprint density at radius 2 is 1.96 bits per heavy atom. The first-order valence-electron chi connectivity index (χ1n) is 7.54. The average molecular weight is 333 g/mol. The molecule has 0 saturated heterocycles. The number of aromatic nitrogens is 4. The van der Waals surface area contributed by atoms with E-state index in [1.165, 1.54) is 13.3 Å². The second-order valence-electron chi connectivity index (χ2n) is 5.32. The lowest BCUT2D eigenvalue weighted by atomic mass is 9.99. The van der Waals surface area contributed by atoms with E-state index < -0.39 is 5.92 Å². The molecule has 2 heterocycles. The molecule has 0 amide bonds. The zero-order valence-electron chi connectivity index (χ0n) is 13.7. The Hall–Kier alpha value is -3.53. The second kappa shape index (κ2) is 6.93. The van der Waals surface area contributed by atoms with Crippen LogP contribution in [0.1, 0.15) is 22.1 Å². The molecule has 7 heteroatoms. The van der Waals surface area contributed by atoms with Gasteiger partial charge in [0.05, 0.1) is 13.2 Å². The van der Waals surface area contributed by atoms with Gasteiger partial charge >= 0.3 is 0 Å². The fourth-order valence-electron chi connectivity index (χ4n) is 2.48. The smallest absolute Gasteiger partial charge is 0.212 e. The quantitative estimate of drug-likeness (QED) is 0.665. The molecule has 3 aromatic rings. The van der Waals surface area contributed by atoms with Gasteiger partial charge in [-0.25, -0.2) is 4.98 Å². The van der Waals surface area contributed by atoms with Crippen molar-refractivity contribution in [2.45, 2.75) is 5.92 Å². The summed E-state index contributed by atoms with van der Waals surface area (Å²) in [6, 6.07) is 14.6. The van der Waals surface area contributed by atoms with Crippen LogP contribution in [0.4, 0.5) is 0 Å². The molecule has 1 aromatic carbocycles. The van der Waals surface area contributed by atoms with Crippen LogP contribution in [0.15, 0.2) is 48.7 Å². The number of nitriles is 1. The average Bonchev–Trinajstić information content (AvgIpc) is 3.04. The zero-order chi connectivity index (χ0) is 17.8. The van der Waals surface area contributed by atoms with E-state index in [9.17, 15) is 10.1 Å².